The van der Waals surface area contributed by atoms with Gasteiger partial charge in [0.1, 0.15) is 5.01 Å². The normalized spacial score (nSPS) is 10.5. The van der Waals surface area contributed by atoms with E-state index in [9.17, 15) is 9.59 Å². The minimum Gasteiger partial charge on any atom is -0.349 e. The molecule has 0 aliphatic heterocycles. The zero-order chi connectivity index (χ0) is 15.4. The molecule has 112 valence electrons. The molecule has 8 heteroatoms. The van der Waals surface area contributed by atoms with Gasteiger partial charge >= 0.3 is 5.69 Å². The van der Waals surface area contributed by atoms with Crippen molar-refractivity contribution in [3.8, 4) is 10.6 Å². The van der Waals surface area contributed by atoms with Crippen molar-refractivity contribution in [2.24, 2.45) is 0 Å². The van der Waals surface area contributed by atoms with Gasteiger partial charge in [0, 0.05) is 23.9 Å². The number of H-pyrrole nitrogens is 2. The van der Waals surface area contributed by atoms with E-state index in [4.69, 9.17) is 0 Å². The largest absolute Gasteiger partial charge is 0.349 e. The number of carbonyl (C=O) groups is 1. The van der Waals surface area contributed by atoms with Crippen molar-refractivity contribution in [1.82, 2.24) is 25.5 Å². The van der Waals surface area contributed by atoms with E-state index in [0.717, 1.165) is 16.3 Å². The maximum atomic E-state index is 11.7. The Hall–Kier alpha value is -2.74. The first-order valence-corrected chi connectivity index (χ1v) is 7.53. The molecule has 7 nitrogen and oxygen atoms in total. The van der Waals surface area contributed by atoms with Crippen molar-refractivity contribution in [2.45, 2.75) is 6.42 Å². The average molecular weight is 315 g/mol. The summed E-state index contributed by atoms with van der Waals surface area (Å²) in [5.74, 6) is -0.440. The summed E-state index contributed by atoms with van der Waals surface area (Å²) >= 11 is 1.57. The van der Waals surface area contributed by atoms with Gasteiger partial charge in [-0.2, -0.15) is 0 Å². The third-order valence-corrected chi connectivity index (χ3v) is 3.90. The van der Waals surface area contributed by atoms with E-state index >= 15 is 0 Å². The van der Waals surface area contributed by atoms with Crippen LogP contribution in [0.3, 0.4) is 0 Å². The quantitative estimate of drug-likeness (QED) is 0.658. The number of aromatic amines is 2. The first kappa shape index (κ1) is 14.2. The van der Waals surface area contributed by atoms with Crippen molar-refractivity contribution < 1.29 is 4.79 Å². The summed E-state index contributed by atoms with van der Waals surface area (Å²) in [5, 5.41) is 11.3. The van der Waals surface area contributed by atoms with E-state index in [1.165, 1.54) is 0 Å². The van der Waals surface area contributed by atoms with Gasteiger partial charge in [-0.1, -0.05) is 30.3 Å². The fourth-order valence-electron chi connectivity index (χ4n) is 1.90. The predicted octanol–water partition coefficient (Wildman–Crippen LogP) is 1.19. The maximum absolute atomic E-state index is 11.7. The van der Waals surface area contributed by atoms with Crippen LogP contribution in [0.25, 0.3) is 10.6 Å². The summed E-state index contributed by atoms with van der Waals surface area (Å²) < 4.78 is 0. The number of aromatic nitrogens is 4. The number of nitrogens with one attached hydrogen (secondary N) is 3. The lowest BCUT2D eigenvalue weighted by atomic mass is 10.2. The Morgan fingerprint density at radius 3 is 2.82 bits per heavy atom. The molecule has 2 aromatic heterocycles. The molecule has 22 heavy (non-hydrogen) atoms. The smallest absolute Gasteiger partial charge is 0.341 e. The van der Waals surface area contributed by atoms with Gasteiger partial charge in [-0.3, -0.25) is 9.78 Å². The van der Waals surface area contributed by atoms with Gasteiger partial charge in [0.15, 0.2) is 0 Å². The van der Waals surface area contributed by atoms with Crippen molar-refractivity contribution in [3.63, 3.8) is 0 Å². The highest BCUT2D eigenvalue weighted by atomic mass is 32.1. The predicted molar refractivity (Wildman–Crippen MR) is 82.8 cm³/mol. The van der Waals surface area contributed by atoms with Crippen LogP contribution >= 0.6 is 11.3 Å². The number of carbonyl (C=O) groups excluding carboxylic acids is 1. The lowest BCUT2D eigenvalue weighted by Gasteiger charge is -2.00. The first-order valence-electron chi connectivity index (χ1n) is 6.65. The van der Waals surface area contributed by atoms with Crippen LogP contribution in [-0.4, -0.2) is 32.6 Å². The number of thiazole rings is 1. The SMILES string of the molecule is O=C(NCCc1csc(-c2ccccc2)n1)c1n[nH]c(=O)[nH]1. The van der Waals surface area contributed by atoms with Crippen LogP contribution in [-0.2, 0) is 6.42 Å². The van der Waals surface area contributed by atoms with Crippen molar-refractivity contribution in [1.29, 1.82) is 0 Å². The molecule has 0 saturated carbocycles. The Morgan fingerprint density at radius 2 is 2.09 bits per heavy atom. The Morgan fingerprint density at radius 1 is 1.27 bits per heavy atom. The van der Waals surface area contributed by atoms with Crippen LogP contribution in [0.4, 0.5) is 0 Å². The highest BCUT2D eigenvalue weighted by molar-refractivity contribution is 7.13. The van der Waals surface area contributed by atoms with Gasteiger partial charge in [0.25, 0.3) is 5.91 Å². The molecule has 1 amide bonds. The maximum Gasteiger partial charge on any atom is 0.341 e. The summed E-state index contributed by atoms with van der Waals surface area (Å²) in [6, 6.07) is 9.94. The molecule has 1 aromatic carbocycles. The summed E-state index contributed by atoms with van der Waals surface area (Å²) in [6.45, 7) is 0.422. The second-order valence-corrected chi connectivity index (χ2v) is 5.40. The molecule has 0 fully saturated rings. The summed E-state index contributed by atoms with van der Waals surface area (Å²) in [4.78, 5) is 29.4. The number of benzene rings is 1. The van der Waals surface area contributed by atoms with Gasteiger partial charge in [-0.15, -0.1) is 16.4 Å². The van der Waals surface area contributed by atoms with E-state index in [-0.39, 0.29) is 5.82 Å². The molecular formula is C14H13N5O2S. The van der Waals surface area contributed by atoms with E-state index in [1.807, 2.05) is 35.7 Å². The zero-order valence-corrected chi connectivity index (χ0v) is 12.3. The topological polar surface area (TPSA) is 104 Å². The Kier molecular flexibility index (Phi) is 4.10. The molecule has 0 radical (unpaired) electrons. The zero-order valence-electron chi connectivity index (χ0n) is 11.5. The fourth-order valence-corrected chi connectivity index (χ4v) is 2.76. The molecule has 0 aliphatic carbocycles. The number of amides is 1. The van der Waals surface area contributed by atoms with Crippen LogP contribution in [0.15, 0.2) is 40.5 Å². The van der Waals surface area contributed by atoms with Gasteiger partial charge in [-0.25, -0.2) is 14.9 Å². The van der Waals surface area contributed by atoms with Crippen molar-refractivity contribution in [2.75, 3.05) is 6.54 Å². The number of rotatable bonds is 5. The molecule has 0 unspecified atom stereocenters. The van der Waals surface area contributed by atoms with Crippen molar-refractivity contribution >= 4 is 17.2 Å². The lowest BCUT2D eigenvalue weighted by Crippen LogP contribution is -2.27. The number of nitrogens with zero attached hydrogens (tertiary/aromatic N) is 2. The molecule has 3 N–H and O–H groups in total. The summed E-state index contributed by atoms with van der Waals surface area (Å²) in [7, 11) is 0. The van der Waals surface area contributed by atoms with Gasteiger partial charge in [0.2, 0.25) is 5.82 Å². The van der Waals surface area contributed by atoms with E-state index in [2.05, 4.69) is 25.5 Å². The summed E-state index contributed by atoms with van der Waals surface area (Å²) in [6.07, 6.45) is 0.615. The van der Waals surface area contributed by atoms with E-state index in [1.54, 1.807) is 11.3 Å². The minimum absolute atomic E-state index is 0.0201. The third-order valence-electron chi connectivity index (χ3n) is 2.96. The fraction of sp³-hybridized carbons (Fsp3) is 0.143. The van der Waals surface area contributed by atoms with Crippen LogP contribution < -0.4 is 11.0 Å². The third kappa shape index (κ3) is 3.29. The molecule has 0 aliphatic rings. The highest BCUT2D eigenvalue weighted by Gasteiger charge is 2.10. The van der Waals surface area contributed by atoms with Crippen LogP contribution in [0.5, 0.6) is 0 Å². The first-order chi connectivity index (χ1) is 10.7. The molecular weight excluding hydrogens is 302 g/mol. The van der Waals surface area contributed by atoms with Gasteiger partial charge in [-0.05, 0) is 0 Å². The van der Waals surface area contributed by atoms with Crippen LogP contribution in [0.2, 0.25) is 0 Å². The lowest BCUT2D eigenvalue weighted by molar-refractivity contribution is 0.0944. The molecule has 0 bridgehead atoms. The molecule has 0 spiro atoms. The standard InChI is InChI=1S/C14H13N5O2S/c20-12(11-17-14(21)19-18-11)15-7-6-10-8-22-13(16-10)9-4-2-1-3-5-9/h1-5,8H,6-7H2,(H,15,20)(H2,17,18,19,21). The number of hydrogen-bond acceptors (Lipinski definition) is 5. The monoisotopic (exact) mass is 315 g/mol. The second kappa shape index (κ2) is 6.35. The molecule has 0 saturated heterocycles. The van der Waals surface area contributed by atoms with Crippen LogP contribution in [0, 0.1) is 0 Å². The Balaban J connectivity index is 1.55. The Bertz CT molecular complexity index is 821. The molecule has 3 aromatic rings. The van der Waals surface area contributed by atoms with E-state index < -0.39 is 11.6 Å². The minimum atomic E-state index is -0.503. The molecule has 0 atom stereocenters. The van der Waals surface area contributed by atoms with Gasteiger partial charge in [0.05, 0.1) is 5.69 Å². The molecule has 2 heterocycles. The van der Waals surface area contributed by atoms with Gasteiger partial charge < -0.3 is 5.32 Å². The van der Waals surface area contributed by atoms with E-state index in [0.29, 0.717) is 13.0 Å². The number of hydrogen-bond donors (Lipinski definition) is 3. The Labute approximate surface area is 129 Å². The summed E-state index contributed by atoms with van der Waals surface area (Å²) in [5.41, 5.74) is 1.49. The van der Waals surface area contributed by atoms with Crippen LogP contribution in [0.1, 0.15) is 16.3 Å². The second-order valence-electron chi connectivity index (χ2n) is 4.54. The molecule has 3 rings (SSSR count). The average Bonchev–Trinajstić information content (AvgIpc) is 3.17. The van der Waals surface area contributed by atoms with Crippen molar-refractivity contribution in [3.05, 3.63) is 57.7 Å². The highest BCUT2D eigenvalue weighted by Crippen LogP contribution is 2.23.